The van der Waals surface area contributed by atoms with E-state index in [1.54, 1.807) is 26.0 Å². The highest BCUT2D eigenvalue weighted by molar-refractivity contribution is 5.80. The monoisotopic (exact) mass is 211 g/mol. The first-order valence-electron chi connectivity index (χ1n) is 4.58. The number of nitrogens with one attached hydrogen (secondary N) is 1. The van der Waals surface area contributed by atoms with Crippen LogP contribution in [0, 0.1) is 11.4 Å². The van der Waals surface area contributed by atoms with E-state index in [1.807, 2.05) is 0 Å². The SMILES string of the molecule is CC(C)(CNc1cccc(F)n1)C(N)=O. The van der Waals surface area contributed by atoms with E-state index < -0.39 is 17.3 Å². The Bertz CT molecular complexity index is 365. The van der Waals surface area contributed by atoms with Crippen LogP contribution < -0.4 is 11.1 Å². The number of hydrogen-bond acceptors (Lipinski definition) is 3. The van der Waals surface area contributed by atoms with Crippen molar-refractivity contribution in [3.63, 3.8) is 0 Å². The van der Waals surface area contributed by atoms with Crippen molar-refractivity contribution in [3.05, 3.63) is 24.1 Å². The van der Waals surface area contributed by atoms with Crippen molar-refractivity contribution in [3.8, 4) is 0 Å². The highest BCUT2D eigenvalue weighted by Gasteiger charge is 2.24. The number of anilines is 1. The molecule has 0 saturated heterocycles. The zero-order valence-corrected chi connectivity index (χ0v) is 8.75. The average molecular weight is 211 g/mol. The van der Waals surface area contributed by atoms with Gasteiger partial charge in [0.15, 0.2) is 0 Å². The molecule has 1 heterocycles. The average Bonchev–Trinajstić information content (AvgIpc) is 2.15. The van der Waals surface area contributed by atoms with Crippen molar-refractivity contribution < 1.29 is 9.18 Å². The van der Waals surface area contributed by atoms with Gasteiger partial charge in [-0.25, -0.2) is 4.98 Å². The molecule has 0 aliphatic rings. The maximum atomic E-state index is 12.7. The lowest BCUT2D eigenvalue weighted by molar-refractivity contribution is -0.125. The van der Waals surface area contributed by atoms with Crippen molar-refractivity contribution >= 4 is 11.7 Å². The van der Waals surface area contributed by atoms with Gasteiger partial charge in [0.05, 0.1) is 5.41 Å². The molecule has 0 aromatic carbocycles. The molecule has 0 spiro atoms. The van der Waals surface area contributed by atoms with Gasteiger partial charge in [0, 0.05) is 6.54 Å². The fourth-order valence-electron chi connectivity index (χ4n) is 0.905. The Balaban J connectivity index is 2.61. The van der Waals surface area contributed by atoms with E-state index in [0.29, 0.717) is 12.4 Å². The number of aromatic nitrogens is 1. The summed E-state index contributed by atoms with van der Waals surface area (Å²) in [7, 11) is 0. The van der Waals surface area contributed by atoms with Gasteiger partial charge in [0.25, 0.3) is 0 Å². The second-order valence-corrected chi connectivity index (χ2v) is 3.95. The highest BCUT2D eigenvalue weighted by Crippen LogP contribution is 2.15. The third-order valence-electron chi connectivity index (χ3n) is 2.09. The number of nitrogens with two attached hydrogens (primary N) is 1. The van der Waals surface area contributed by atoms with E-state index in [2.05, 4.69) is 10.3 Å². The van der Waals surface area contributed by atoms with Crippen LogP contribution in [0.2, 0.25) is 0 Å². The zero-order valence-electron chi connectivity index (χ0n) is 8.75. The molecule has 0 fully saturated rings. The van der Waals surface area contributed by atoms with Gasteiger partial charge in [-0.3, -0.25) is 4.79 Å². The molecule has 5 heteroatoms. The number of primary amides is 1. The van der Waals surface area contributed by atoms with E-state index in [-0.39, 0.29) is 0 Å². The van der Waals surface area contributed by atoms with Crippen molar-refractivity contribution in [1.82, 2.24) is 4.98 Å². The molecule has 15 heavy (non-hydrogen) atoms. The first kappa shape index (κ1) is 11.4. The number of carbonyl (C=O) groups is 1. The maximum Gasteiger partial charge on any atom is 0.224 e. The molecule has 0 aliphatic carbocycles. The number of carbonyl (C=O) groups excluding carboxylic acids is 1. The van der Waals surface area contributed by atoms with Crippen LogP contribution in [-0.2, 0) is 4.79 Å². The summed E-state index contributed by atoms with van der Waals surface area (Å²) in [6.45, 7) is 3.74. The van der Waals surface area contributed by atoms with Crippen LogP contribution in [0.15, 0.2) is 18.2 Å². The first-order valence-corrected chi connectivity index (χ1v) is 4.58. The van der Waals surface area contributed by atoms with Crippen molar-refractivity contribution in [2.45, 2.75) is 13.8 Å². The second-order valence-electron chi connectivity index (χ2n) is 3.95. The standard InChI is InChI=1S/C10H14FN3O/c1-10(2,9(12)15)6-13-8-5-3-4-7(11)14-8/h3-5H,6H2,1-2H3,(H2,12,15)(H,13,14). The number of amides is 1. The topological polar surface area (TPSA) is 68.0 Å². The Hall–Kier alpha value is -1.65. The largest absolute Gasteiger partial charge is 0.369 e. The molecule has 0 unspecified atom stereocenters. The van der Waals surface area contributed by atoms with E-state index in [1.165, 1.54) is 6.07 Å². The number of hydrogen-bond donors (Lipinski definition) is 2. The third-order valence-corrected chi connectivity index (χ3v) is 2.09. The summed E-state index contributed by atoms with van der Waals surface area (Å²) >= 11 is 0. The molecule has 1 amide bonds. The predicted molar refractivity (Wildman–Crippen MR) is 55.7 cm³/mol. The zero-order chi connectivity index (χ0) is 11.5. The molecule has 1 aromatic heterocycles. The van der Waals surface area contributed by atoms with Crippen LogP contribution in [0.3, 0.4) is 0 Å². The maximum absolute atomic E-state index is 12.7. The highest BCUT2D eigenvalue weighted by atomic mass is 19.1. The number of rotatable bonds is 4. The smallest absolute Gasteiger partial charge is 0.224 e. The van der Waals surface area contributed by atoms with Crippen molar-refractivity contribution in [2.75, 3.05) is 11.9 Å². The Labute approximate surface area is 87.7 Å². The van der Waals surface area contributed by atoms with Crippen LogP contribution in [-0.4, -0.2) is 17.4 Å². The molecular formula is C10H14FN3O. The summed E-state index contributed by atoms with van der Waals surface area (Å²) in [5.41, 5.74) is 4.50. The summed E-state index contributed by atoms with van der Waals surface area (Å²) in [6, 6.07) is 4.42. The van der Waals surface area contributed by atoms with Gasteiger partial charge in [-0.15, -0.1) is 0 Å². The summed E-state index contributed by atoms with van der Waals surface area (Å²) in [4.78, 5) is 14.6. The van der Waals surface area contributed by atoms with Gasteiger partial charge in [-0.1, -0.05) is 6.07 Å². The Morgan fingerprint density at radius 1 is 1.60 bits per heavy atom. The van der Waals surface area contributed by atoms with Crippen LogP contribution >= 0.6 is 0 Å². The Morgan fingerprint density at radius 2 is 2.27 bits per heavy atom. The molecule has 1 rings (SSSR count). The molecular weight excluding hydrogens is 197 g/mol. The quantitative estimate of drug-likeness (QED) is 0.734. The minimum atomic E-state index is -0.687. The third kappa shape index (κ3) is 3.19. The predicted octanol–water partition coefficient (Wildman–Crippen LogP) is 1.14. The minimum Gasteiger partial charge on any atom is -0.369 e. The summed E-state index contributed by atoms with van der Waals surface area (Å²) in [5.74, 6) is -0.576. The normalized spacial score (nSPS) is 11.1. The summed E-state index contributed by atoms with van der Waals surface area (Å²) < 4.78 is 12.7. The van der Waals surface area contributed by atoms with E-state index in [4.69, 9.17) is 5.73 Å². The molecule has 0 aliphatic heterocycles. The minimum absolute atomic E-state index is 0.318. The van der Waals surface area contributed by atoms with Crippen LogP contribution in [0.1, 0.15) is 13.8 Å². The van der Waals surface area contributed by atoms with Gasteiger partial charge < -0.3 is 11.1 Å². The number of halogens is 1. The molecule has 82 valence electrons. The lowest BCUT2D eigenvalue weighted by atomic mass is 9.93. The van der Waals surface area contributed by atoms with Gasteiger partial charge >= 0.3 is 0 Å². The van der Waals surface area contributed by atoms with Gasteiger partial charge in [-0.2, -0.15) is 4.39 Å². The second kappa shape index (κ2) is 4.25. The molecule has 0 atom stereocenters. The number of pyridine rings is 1. The fourth-order valence-corrected chi connectivity index (χ4v) is 0.905. The number of nitrogens with zero attached hydrogens (tertiary/aromatic N) is 1. The summed E-state index contributed by atoms with van der Waals surface area (Å²) in [6.07, 6.45) is 0. The van der Waals surface area contributed by atoms with Gasteiger partial charge in [-0.05, 0) is 26.0 Å². The molecule has 3 N–H and O–H groups in total. The Kier molecular flexibility index (Phi) is 3.24. The molecule has 1 aromatic rings. The summed E-state index contributed by atoms with van der Waals surface area (Å²) in [5, 5.41) is 2.86. The molecule has 0 bridgehead atoms. The van der Waals surface area contributed by atoms with E-state index in [9.17, 15) is 9.18 Å². The van der Waals surface area contributed by atoms with E-state index in [0.717, 1.165) is 0 Å². The lowest BCUT2D eigenvalue weighted by Gasteiger charge is -2.20. The van der Waals surface area contributed by atoms with E-state index >= 15 is 0 Å². The van der Waals surface area contributed by atoms with Crippen LogP contribution in [0.5, 0.6) is 0 Å². The molecule has 4 nitrogen and oxygen atoms in total. The van der Waals surface area contributed by atoms with Crippen LogP contribution in [0.4, 0.5) is 10.2 Å². The van der Waals surface area contributed by atoms with Crippen molar-refractivity contribution in [2.24, 2.45) is 11.1 Å². The van der Waals surface area contributed by atoms with Gasteiger partial charge in [0.2, 0.25) is 11.9 Å². The first-order chi connectivity index (χ1) is 6.92. The van der Waals surface area contributed by atoms with Crippen LogP contribution in [0.25, 0.3) is 0 Å². The van der Waals surface area contributed by atoms with Crippen molar-refractivity contribution in [1.29, 1.82) is 0 Å². The Morgan fingerprint density at radius 3 is 2.80 bits per heavy atom. The fraction of sp³-hybridized carbons (Fsp3) is 0.400. The lowest BCUT2D eigenvalue weighted by Crippen LogP contribution is -2.37. The van der Waals surface area contributed by atoms with Gasteiger partial charge in [0.1, 0.15) is 5.82 Å². The molecule has 0 radical (unpaired) electrons. The molecule has 0 saturated carbocycles.